The largest absolute Gasteiger partial charge is 0.482 e. The molecule has 22 heavy (non-hydrogen) atoms. The van der Waals surface area contributed by atoms with E-state index in [-0.39, 0.29) is 12.4 Å². The van der Waals surface area contributed by atoms with Crippen LogP contribution in [0.25, 0.3) is 0 Å². The Balaban J connectivity index is 1.83. The van der Waals surface area contributed by atoms with Crippen LogP contribution in [0.1, 0.15) is 17.3 Å². The minimum Gasteiger partial charge on any atom is -0.482 e. The van der Waals surface area contributed by atoms with Crippen molar-refractivity contribution >= 4 is 23.4 Å². The number of hydrogen-bond acceptors (Lipinski definition) is 4. The van der Waals surface area contributed by atoms with Crippen molar-refractivity contribution in [3.8, 4) is 5.75 Å². The number of Topliss-reactive ketones (excluding diaryl/α,β-unsaturated/α-hetero) is 1. The van der Waals surface area contributed by atoms with Gasteiger partial charge in [-0.2, -0.15) is 0 Å². The maximum absolute atomic E-state index is 12.1. The number of benzene rings is 2. The van der Waals surface area contributed by atoms with Crippen LogP contribution in [0.15, 0.2) is 54.6 Å². The first-order valence-corrected chi connectivity index (χ1v) is 7.11. The van der Waals surface area contributed by atoms with E-state index < -0.39 is 12.1 Å². The summed E-state index contributed by atoms with van der Waals surface area (Å²) in [5.74, 6) is -0.351. The van der Waals surface area contributed by atoms with Crippen molar-refractivity contribution in [2.75, 3.05) is 6.61 Å². The Hall–Kier alpha value is -2.33. The fraction of sp³-hybridized carbons (Fsp3) is 0.176. The van der Waals surface area contributed by atoms with Gasteiger partial charge in [-0.25, -0.2) is 4.79 Å². The maximum atomic E-state index is 12.1. The van der Waals surface area contributed by atoms with Gasteiger partial charge in [0.2, 0.25) is 5.78 Å². The Kier molecular flexibility index (Phi) is 5.55. The molecule has 0 aliphatic heterocycles. The first-order valence-electron chi connectivity index (χ1n) is 6.73. The molecule has 0 heterocycles. The standard InChI is InChI=1S/C17H15ClO4/c1-12(17(20)13-5-3-2-4-6-13)22-16(19)11-21-15-9-7-14(18)8-10-15/h2-10,12H,11H2,1H3/t12-/m0/s1. The highest BCUT2D eigenvalue weighted by molar-refractivity contribution is 6.30. The second-order valence-corrected chi connectivity index (χ2v) is 5.04. The summed E-state index contributed by atoms with van der Waals surface area (Å²) in [6.45, 7) is 1.27. The summed E-state index contributed by atoms with van der Waals surface area (Å²) < 4.78 is 10.3. The number of carbonyl (C=O) groups is 2. The van der Waals surface area contributed by atoms with Crippen molar-refractivity contribution in [3.05, 3.63) is 65.2 Å². The first kappa shape index (κ1) is 16.0. The smallest absolute Gasteiger partial charge is 0.344 e. The van der Waals surface area contributed by atoms with Gasteiger partial charge in [-0.3, -0.25) is 4.79 Å². The number of esters is 1. The average Bonchev–Trinajstić information content (AvgIpc) is 2.54. The van der Waals surface area contributed by atoms with E-state index in [2.05, 4.69) is 0 Å². The van der Waals surface area contributed by atoms with Crippen molar-refractivity contribution in [1.82, 2.24) is 0 Å². The van der Waals surface area contributed by atoms with Crippen molar-refractivity contribution in [2.24, 2.45) is 0 Å². The molecule has 114 valence electrons. The van der Waals surface area contributed by atoms with E-state index in [1.807, 2.05) is 6.07 Å². The van der Waals surface area contributed by atoms with Crippen molar-refractivity contribution in [2.45, 2.75) is 13.0 Å². The van der Waals surface area contributed by atoms with Gasteiger partial charge in [0.05, 0.1) is 0 Å². The van der Waals surface area contributed by atoms with Crippen LogP contribution in [0, 0.1) is 0 Å². The van der Waals surface area contributed by atoms with E-state index in [9.17, 15) is 9.59 Å². The fourth-order valence-electron chi connectivity index (χ4n) is 1.79. The molecule has 0 radical (unpaired) electrons. The third kappa shape index (κ3) is 4.60. The molecule has 0 saturated carbocycles. The van der Waals surface area contributed by atoms with Gasteiger partial charge in [0.15, 0.2) is 12.7 Å². The van der Waals surface area contributed by atoms with Gasteiger partial charge in [0.25, 0.3) is 0 Å². The summed E-state index contributed by atoms with van der Waals surface area (Å²) in [5.41, 5.74) is 0.501. The molecular weight excluding hydrogens is 304 g/mol. The molecule has 1 atom stereocenters. The predicted octanol–water partition coefficient (Wildman–Crippen LogP) is 3.53. The summed E-state index contributed by atoms with van der Waals surface area (Å²) in [7, 11) is 0. The number of ether oxygens (including phenoxy) is 2. The summed E-state index contributed by atoms with van der Waals surface area (Å²) in [6.07, 6.45) is -0.858. The van der Waals surface area contributed by atoms with Crippen LogP contribution in [0.5, 0.6) is 5.75 Å². The molecule has 2 aromatic rings. The van der Waals surface area contributed by atoms with E-state index in [1.165, 1.54) is 6.92 Å². The predicted molar refractivity (Wildman–Crippen MR) is 83.3 cm³/mol. The normalized spacial score (nSPS) is 11.5. The quantitative estimate of drug-likeness (QED) is 0.604. The molecule has 2 rings (SSSR count). The molecule has 0 amide bonds. The summed E-state index contributed by atoms with van der Waals surface area (Å²) >= 11 is 5.75. The number of halogens is 1. The fourth-order valence-corrected chi connectivity index (χ4v) is 1.92. The monoisotopic (exact) mass is 318 g/mol. The van der Waals surface area contributed by atoms with Crippen molar-refractivity contribution in [3.63, 3.8) is 0 Å². The molecule has 0 aromatic heterocycles. The van der Waals surface area contributed by atoms with Gasteiger partial charge in [-0.05, 0) is 31.2 Å². The molecule has 0 bridgehead atoms. The lowest BCUT2D eigenvalue weighted by atomic mass is 10.1. The zero-order valence-electron chi connectivity index (χ0n) is 12.0. The third-order valence-corrected chi connectivity index (χ3v) is 3.16. The van der Waals surface area contributed by atoms with Crippen molar-refractivity contribution in [1.29, 1.82) is 0 Å². The maximum Gasteiger partial charge on any atom is 0.344 e. The van der Waals surface area contributed by atoms with Gasteiger partial charge >= 0.3 is 5.97 Å². The molecule has 4 nitrogen and oxygen atoms in total. The topological polar surface area (TPSA) is 52.6 Å². The van der Waals surface area contributed by atoms with Crippen LogP contribution in [0.2, 0.25) is 5.02 Å². The first-order chi connectivity index (χ1) is 10.6. The van der Waals surface area contributed by atoms with E-state index in [1.54, 1.807) is 48.5 Å². The molecule has 0 spiro atoms. The Morgan fingerprint density at radius 1 is 1.05 bits per heavy atom. The molecule has 2 aromatic carbocycles. The summed E-state index contributed by atoms with van der Waals surface area (Å²) in [6, 6.07) is 15.3. The lowest BCUT2D eigenvalue weighted by molar-refractivity contribution is -0.148. The number of hydrogen-bond donors (Lipinski definition) is 0. The van der Waals surface area contributed by atoms with Crippen LogP contribution in [-0.4, -0.2) is 24.5 Å². The van der Waals surface area contributed by atoms with Gasteiger partial charge in [-0.1, -0.05) is 41.9 Å². The van der Waals surface area contributed by atoms with E-state index in [0.717, 1.165) is 0 Å². The Bertz CT molecular complexity index is 637. The minimum absolute atomic E-state index is 0.250. The zero-order valence-corrected chi connectivity index (χ0v) is 12.7. The molecule has 0 aliphatic carbocycles. The van der Waals surface area contributed by atoms with Crippen LogP contribution in [0.3, 0.4) is 0 Å². The highest BCUT2D eigenvalue weighted by Gasteiger charge is 2.19. The van der Waals surface area contributed by atoms with E-state index in [0.29, 0.717) is 16.3 Å². The second-order valence-electron chi connectivity index (χ2n) is 4.60. The third-order valence-electron chi connectivity index (χ3n) is 2.91. The van der Waals surface area contributed by atoms with Gasteiger partial charge in [0, 0.05) is 10.6 Å². The molecule has 0 fully saturated rings. The highest BCUT2D eigenvalue weighted by Crippen LogP contribution is 2.15. The molecule has 0 aliphatic rings. The SMILES string of the molecule is C[C@H](OC(=O)COc1ccc(Cl)cc1)C(=O)c1ccccc1. The zero-order chi connectivity index (χ0) is 15.9. The van der Waals surface area contributed by atoms with Gasteiger partial charge in [0.1, 0.15) is 5.75 Å². The number of carbonyl (C=O) groups excluding carboxylic acids is 2. The Morgan fingerprint density at radius 3 is 2.32 bits per heavy atom. The van der Waals surface area contributed by atoms with Crippen LogP contribution in [-0.2, 0) is 9.53 Å². The molecule has 0 unspecified atom stereocenters. The summed E-state index contributed by atoms with van der Waals surface area (Å²) in [5, 5.41) is 0.581. The Morgan fingerprint density at radius 2 is 1.68 bits per heavy atom. The van der Waals surface area contributed by atoms with Crippen LogP contribution < -0.4 is 4.74 Å². The van der Waals surface area contributed by atoms with Gasteiger partial charge < -0.3 is 9.47 Å². The van der Waals surface area contributed by atoms with Crippen LogP contribution >= 0.6 is 11.6 Å². The number of rotatable bonds is 6. The summed E-state index contributed by atoms with van der Waals surface area (Å²) in [4.78, 5) is 23.8. The lowest BCUT2D eigenvalue weighted by Gasteiger charge is -2.12. The van der Waals surface area contributed by atoms with E-state index in [4.69, 9.17) is 21.1 Å². The van der Waals surface area contributed by atoms with E-state index >= 15 is 0 Å². The average molecular weight is 319 g/mol. The number of ketones is 1. The molecular formula is C17H15ClO4. The second kappa shape index (κ2) is 7.61. The Labute approximate surface area is 133 Å². The van der Waals surface area contributed by atoms with Crippen molar-refractivity contribution < 1.29 is 19.1 Å². The molecule has 5 heteroatoms. The minimum atomic E-state index is -0.858. The van der Waals surface area contributed by atoms with Crippen LogP contribution in [0.4, 0.5) is 0 Å². The molecule has 0 N–H and O–H groups in total. The van der Waals surface area contributed by atoms with Gasteiger partial charge in [-0.15, -0.1) is 0 Å². The lowest BCUT2D eigenvalue weighted by Crippen LogP contribution is -2.27. The molecule has 0 saturated heterocycles. The highest BCUT2D eigenvalue weighted by atomic mass is 35.5.